The predicted octanol–water partition coefficient (Wildman–Crippen LogP) is 2.46. The van der Waals surface area contributed by atoms with Crippen LogP contribution < -0.4 is 11.1 Å². The molecule has 0 amide bonds. The third-order valence-corrected chi connectivity index (χ3v) is 5.82. The molecule has 3 heteroatoms. The molecule has 0 aromatic carbocycles. The Hall–Kier alpha value is -0.120. The molecule has 3 N–H and O–H groups in total. The number of fused-ring (bicyclic) bond motifs is 1. The summed E-state index contributed by atoms with van der Waals surface area (Å²) in [5.41, 5.74) is 6.38. The number of nitrogens with one attached hydrogen (secondary N) is 1. The summed E-state index contributed by atoms with van der Waals surface area (Å²) in [5.74, 6) is 2.23. The van der Waals surface area contributed by atoms with E-state index >= 15 is 0 Å². The quantitative estimate of drug-likeness (QED) is 0.786. The first-order valence-electron chi connectivity index (χ1n) is 8.66. The number of rotatable bonds is 6. The van der Waals surface area contributed by atoms with Crippen LogP contribution in [0.3, 0.4) is 0 Å². The minimum Gasteiger partial charge on any atom is -0.329 e. The molecule has 0 radical (unpaired) electrons. The van der Waals surface area contributed by atoms with E-state index in [-0.39, 0.29) is 5.54 Å². The fourth-order valence-electron chi connectivity index (χ4n) is 4.33. The standard InChI is InChI=1S/C17H35N3/c1-13(2)16(14(3)4)11-19-17(12-18)7-9-20-8-5-6-15(20)10-17/h13-16,19H,5-12,18H2,1-4H3. The maximum absolute atomic E-state index is 6.18. The average Bonchev–Trinajstić information content (AvgIpc) is 2.85. The van der Waals surface area contributed by atoms with Gasteiger partial charge in [-0.15, -0.1) is 0 Å². The molecule has 3 nitrogen and oxygen atoms in total. The summed E-state index contributed by atoms with van der Waals surface area (Å²) in [7, 11) is 0. The number of nitrogens with zero attached hydrogens (tertiary/aromatic N) is 1. The van der Waals surface area contributed by atoms with Crippen LogP contribution in [0.2, 0.25) is 0 Å². The highest BCUT2D eigenvalue weighted by molar-refractivity contribution is 5.00. The molecule has 0 saturated carbocycles. The molecule has 2 fully saturated rings. The maximum Gasteiger partial charge on any atom is 0.0331 e. The highest BCUT2D eigenvalue weighted by atomic mass is 15.2. The lowest BCUT2D eigenvalue weighted by Crippen LogP contribution is -2.60. The van der Waals surface area contributed by atoms with Crippen molar-refractivity contribution in [2.75, 3.05) is 26.2 Å². The Labute approximate surface area is 125 Å². The van der Waals surface area contributed by atoms with Crippen molar-refractivity contribution in [3.8, 4) is 0 Å². The zero-order valence-electron chi connectivity index (χ0n) is 14.0. The molecule has 2 aliphatic heterocycles. The average molecular weight is 281 g/mol. The SMILES string of the molecule is CC(C)C(CNC1(CN)CCN2CCCC2C1)C(C)C. The largest absolute Gasteiger partial charge is 0.329 e. The molecule has 2 aliphatic rings. The van der Waals surface area contributed by atoms with Gasteiger partial charge in [-0.05, 0) is 56.5 Å². The normalized spacial score (nSPS) is 31.5. The van der Waals surface area contributed by atoms with Gasteiger partial charge in [0.15, 0.2) is 0 Å². The molecule has 0 aromatic heterocycles. The Kier molecular flexibility index (Phi) is 5.49. The maximum atomic E-state index is 6.18. The predicted molar refractivity (Wildman–Crippen MR) is 86.8 cm³/mol. The molecular weight excluding hydrogens is 246 g/mol. The first kappa shape index (κ1) is 16.3. The van der Waals surface area contributed by atoms with Gasteiger partial charge in [0.2, 0.25) is 0 Å². The van der Waals surface area contributed by atoms with Gasteiger partial charge in [0.05, 0.1) is 0 Å². The fraction of sp³-hybridized carbons (Fsp3) is 1.00. The molecule has 2 rings (SSSR count). The van der Waals surface area contributed by atoms with Gasteiger partial charge in [-0.3, -0.25) is 0 Å². The van der Waals surface area contributed by atoms with Crippen LogP contribution in [0.4, 0.5) is 0 Å². The van der Waals surface area contributed by atoms with E-state index in [9.17, 15) is 0 Å². The molecule has 2 atom stereocenters. The molecule has 0 spiro atoms. The van der Waals surface area contributed by atoms with Crippen LogP contribution >= 0.6 is 0 Å². The van der Waals surface area contributed by atoms with E-state index in [1.165, 1.54) is 38.8 Å². The van der Waals surface area contributed by atoms with Gasteiger partial charge < -0.3 is 16.0 Å². The first-order valence-corrected chi connectivity index (χ1v) is 8.66. The minimum absolute atomic E-state index is 0.202. The van der Waals surface area contributed by atoms with E-state index in [1.54, 1.807) is 0 Å². The molecule has 2 heterocycles. The third kappa shape index (κ3) is 3.55. The summed E-state index contributed by atoms with van der Waals surface area (Å²) in [5, 5.41) is 3.91. The van der Waals surface area contributed by atoms with Gasteiger partial charge in [-0.25, -0.2) is 0 Å². The fourth-order valence-corrected chi connectivity index (χ4v) is 4.33. The third-order valence-electron chi connectivity index (χ3n) is 5.82. The Morgan fingerprint density at radius 2 is 1.90 bits per heavy atom. The van der Waals surface area contributed by atoms with Crippen LogP contribution in [0.15, 0.2) is 0 Å². The second-order valence-electron chi connectivity index (χ2n) is 7.80. The van der Waals surface area contributed by atoms with Gasteiger partial charge in [0, 0.05) is 24.7 Å². The lowest BCUT2D eigenvalue weighted by atomic mass is 9.80. The van der Waals surface area contributed by atoms with Crippen LogP contribution in [0.25, 0.3) is 0 Å². The number of piperidine rings is 1. The van der Waals surface area contributed by atoms with Crippen molar-refractivity contribution in [2.24, 2.45) is 23.5 Å². The van der Waals surface area contributed by atoms with Gasteiger partial charge >= 0.3 is 0 Å². The number of hydrogen-bond donors (Lipinski definition) is 2. The van der Waals surface area contributed by atoms with E-state index in [2.05, 4.69) is 37.9 Å². The lowest BCUT2D eigenvalue weighted by Gasteiger charge is -2.45. The lowest BCUT2D eigenvalue weighted by molar-refractivity contribution is 0.101. The molecular formula is C17H35N3. The van der Waals surface area contributed by atoms with Crippen LogP contribution in [-0.4, -0.2) is 42.7 Å². The summed E-state index contributed by atoms with van der Waals surface area (Å²) in [6.45, 7) is 13.9. The van der Waals surface area contributed by atoms with Crippen molar-refractivity contribution in [3.63, 3.8) is 0 Å². The Bertz CT molecular complexity index is 295. The van der Waals surface area contributed by atoms with Crippen molar-refractivity contribution in [3.05, 3.63) is 0 Å². The van der Waals surface area contributed by atoms with Crippen molar-refractivity contribution < 1.29 is 0 Å². The van der Waals surface area contributed by atoms with E-state index in [4.69, 9.17) is 5.73 Å². The minimum atomic E-state index is 0.202. The molecule has 2 unspecified atom stereocenters. The molecule has 0 bridgehead atoms. The highest BCUT2D eigenvalue weighted by Crippen LogP contribution is 2.33. The molecule has 118 valence electrons. The first-order chi connectivity index (χ1) is 9.47. The van der Waals surface area contributed by atoms with Gasteiger partial charge in [-0.2, -0.15) is 0 Å². The summed E-state index contributed by atoms with van der Waals surface area (Å²) >= 11 is 0. The number of nitrogens with two attached hydrogens (primary N) is 1. The molecule has 20 heavy (non-hydrogen) atoms. The van der Waals surface area contributed by atoms with Gasteiger partial charge in [0.25, 0.3) is 0 Å². The number of hydrogen-bond acceptors (Lipinski definition) is 3. The monoisotopic (exact) mass is 281 g/mol. The van der Waals surface area contributed by atoms with E-state index in [0.717, 1.165) is 36.9 Å². The summed E-state index contributed by atoms with van der Waals surface area (Å²) in [6.07, 6.45) is 5.24. The Balaban J connectivity index is 1.94. The second kappa shape index (κ2) is 6.76. The topological polar surface area (TPSA) is 41.3 Å². The summed E-state index contributed by atoms with van der Waals surface area (Å²) in [6, 6.07) is 0.788. The molecule has 2 saturated heterocycles. The van der Waals surface area contributed by atoms with Crippen molar-refractivity contribution in [1.29, 1.82) is 0 Å². The van der Waals surface area contributed by atoms with Crippen LogP contribution in [-0.2, 0) is 0 Å². The Morgan fingerprint density at radius 3 is 2.50 bits per heavy atom. The van der Waals surface area contributed by atoms with Crippen LogP contribution in [0, 0.1) is 17.8 Å². The zero-order chi connectivity index (χ0) is 14.8. The summed E-state index contributed by atoms with van der Waals surface area (Å²) < 4.78 is 0. The van der Waals surface area contributed by atoms with Crippen molar-refractivity contribution in [2.45, 2.75) is 65.0 Å². The van der Waals surface area contributed by atoms with Crippen molar-refractivity contribution in [1.82, 2.24) is 10.2 Å². The summed E-state index contributed by atoms with van der Waals surface area (Å²) in [4.78, 5) is 2.68. The van der Waals surface area contributed by atoms with Crippen molar-refractivity contribution >= 4 is 0 Å². The zero-order valence-corrected chi connectivity index (χ0v) is 14.0. The van der Waals surface area contributed by atoms with Crippen LogP contribution in [0.1, 0.15) is 53.4 Å². The molecule has 0 aromatic rings. The van der Waals surface area contributed by atoms with E-state index < -0.39 is 0 Å². The van der Waals surface area contributed by atoms with Crippen LogP contribution in [0.5, 0.6) is 0 Å². The second-order valence-corrected chi connectivity index (χ2v) is 7.80. The van der Waals surface area contributed by atoms with E-state index in [0.29, 0.717) is 0 Å². The van der Waals surface area contributed by atoms with Gasteiger partial charge in [-0.1, -0.05) is 27.7 Å². The molecule has 0 aliphatic carbocycles. The van der Waals surface area contributed by atoms with Gasteiger partial charge in [0.1, 0.15) is 0 Å². The van der Waals surface area contributed by atoms with E-state index in [1.807, 2.05) is 0 Å². The highest BCUT2D eigenvalue weighted by Gasteiger charge is 2.40. The smallest absolute Gasteiger partial charge is 0.0331 e. The Morgan fingerprint density at radius 1 is 1.20 bits per heavy atom.